The minimum Gasteiger partial charge on any atom is -0.375 e. The molecular weight excluding hydrogens is 288 g/mol. The van der Waals surface area contributed by atoms with Crippen LogP contribution >= 0.6 is 11.3 Å². The van der Waals surface area contributed by atoms with Crippen LogP contribution < -0.4 is 16.4 Å². The van der Waals surface area contributed by atoms with Crippen LogP contribution in [0.5, 0.6) is 0 Å². The van der Waals surface area contributed by atoms with Crippen molar-refractivity contribution in [3.05, 3.63) is 40.9 Å². The fourth-order valence-corrected chi connectivity index (χ4v) is 2.34. The van der Waals surface area contributed by atoms with Crippen LogP contribution in [0.4, 0.5) is 10.8 Å². The van der Waals surface area contributed by atoms with Crippen LogP contribution in [0.25, 0.3) is 0 Å². The summed E-state index contributed by atoms with van der Waals surface area (Å²) in [6, 6.07) is 6.79. The maximum absolute atomic E-state index is 11.9. The highest BCUT2D eigenvalue weighted by Crippen LogP contribution is 2.14. The lowest BCUT2D eigenvalue weighted by atomic mass is 10.2. The lowest BCUT2D eigenvalue weighted by Gasteiger charge is -2.07. The number of amides is 2. The van der Waals surface area contributed by atoms with E-state index in [9.17, 15) is 9.59 Å². The molecule has 0 aliphatic rings. The third-order valence-corrected chi connectivity index (χ3v) is 3.38. The number of benzene rings is 1. The average molecular weight is 304 g/mol. The van der Waals surface area contributed by atoms with E-state index in [1.165, 1.54) is 11.3 Å². The Hall–Kier alpha value is -2.41. The highest BCUT2D eigenvalue weighted by atomic mass is 32.1. The Morgan fingerprint density at radius 3 is 2.86 bits per heavy atom. The van der Waals surface area contributed by atoms with Gasteiger partial charge in [-0.2, -0.15) is 0 Å². The van der Waals surface area contributed by atoms with Gasteiger partial charge in [-0.3, -0.25) is 9.59 Å². The Labute approximate surface area is 126 Å². The van der Waals surface area contributed by atoms with Crippen LogP contribution in [0.3, 0.4) is 0 Å². The summed E-state index contributed by atoms with van der Waals surface area (Å²) in [6.45, 7) is 2.41. The van der Waals surface area contributed by atoms with E-state index in [-0.39, 0.29) is 18.2 Å². The van der Waals surface area contributed by atoms with Crippen molar-refractivity contribution in [3.8, 4) is 0 Å². The van der Waals surface area contributed by atoms with Crippen molar-refractivity contribution < 1.29 is 9.59 Å². The quantitative estimate of drug-likeness (QED) is 0.782. The molecule has 4 N–H and O–H groups in total. The Morgan fingerprint density at radius 1 is 1.38 bits per heavy atom. The molecule has 2 aromatic rings. The van der Waals surface area contributed by atoms with E-state index in [2.05, 4.69) is 15.6 Å². The van der Waals surface area contributed by atoms with Crippen molar-refractivity contribution in [2.75, 3.05) is 17.6 Å². The molecule has 21 heavy (non-hydrogen) atoms. The largest absolute Gasteiger partial charge is 0.375 e. The fourth-order valence-electron chi connectivity index (χ4n) is 1.77. The number of thiazole rings is 1. The van der Waals surface area contributed by atoms with Gasteiger partial charge < -0.3 is 16.4 Å². The number of carbonyl (C=O) groups is 2. The average Bonchev–Trinajstić information content (AvgIpc) is 2.84. The number of nitrogens with two attached hydrogens (primary N) is 1. The summed E-state index contributed by atoms with van der Waals surface area (Å²) in [4.78, 5) is 27.7. The number of hydrogen-bond donors (Lipinski definition) is 3. The molecule has 1 heterocycles. The molecule has 1 aromatic carbocycles. The normalized spacial score (nSPS) is 10.1. The van der Waals surface area contributed by atoms with Crippen LogP contribution in [0.1, 0.15) is 23.0 Å². The topological polar surface area (TPSA) is 97.1 Å². The minimum absolute atomic E-state index is 0.152. The summed E-state index contributed by atoms with van der Waals surface area (Å²) >= 11 is 1.30. The molecule has 0 bridgehead atoms. The second kappa shape index (κ2) is 6.85. The van der Waals surface area contributed by atoms with Gasteiger partial charge in [0.2, 0.25) is 5.91 Å². The van der Waals surface area contributed by atoms with E-state index in [1.807, 2.05) is 6.92 Å². The number of nitrogens with zero attached hydrogens (tertiary/aromatic N) is 1. The van der Waals surface area contributed by atoms with Gasteiger partial charge in [0.15, 0.2) is 5.13 Å². The number of rotatable bonds is 5. The fraction of sp³-hybridized carbons (Fsp3) is 0.214. The molecule has 110 valence electrons. The van der Waals surface area contributed by atoms with Gasteiger partial charge >= 0.3 is 0 Å². The van der Waals surface area contributed by atoms with Crippen LogP contribution in [0.15, 0.2) is 29.6 Å². The third kappa shape index (κ3) is 4.28. The predicted octanol–water partition coefficient (Wildman–Crippen LogP) is 1.66. The van der Waals surface area contributed by atoms with Crippen molar-refractivity contribution >= 4 is 34.0 Å². The number of anilines is 2. The molecule has 2 rings (SSSR count). The Bertz CT molecular complexity index is 654. The minimum atomic E-state index is -0.201. The summed E-state index contributed by atoms with van der Waals surface area (Å²) in [7, 11) is 0. The van der Waals surface area contributed by atoms with E-state index in [0.717, 1.165) is 0 Å². The Balaban J connectivity index is 2.00. The van der Waals surface area contributed by atoms with Gasteiger partial charge in [-0.25, -0.2) is 4.98 Å². The monoisotopic (exact) mass is 304 g/mol. The summed E-state index contributed by atoms with van der Waals surface area (Å²) in [6.07, 6.45) is 0.152. The van der Waals surface area contributed by atoms with Gasteiger partial charge in [-0.15, -0.1) is 11.3 Å². The SMILES string of the molecule is CCNC(=O)c1cccc(NC(=O)Cc2csc(N)n2)c1. The molecule has 0 spiro atoms. The van der Waals surface area contributed by atoms with E-state index in [4.69, 9.17) is 5.73 Å². The Kier molecular flexibility index (Phi) is 4.89. The standard InChI is InChI=1S/C14H16N4O2S/c1-2-16-13(20)9-4-3-5-10(6-9)17-12(19)7-11-8-21-14(15)18-11/h3-6,8H,2,7H2,1H3,(H2,15,18)(H,16,20)(H,17,19). The highest BCUT2D eigenvalue weighted by Gasteiger charge is 2.09. The molecule has 0 radical (unpaired) electrons. The number of hydrogen-bond acceptors (Lipinski definition) is 5. The van der Waals surface area contributed by atoms with Gasteiger partial charge in [0.25, 0.3) is 5.91 Å². The van der Waals surface area contributed by atoms with E-state index >= 15 is 0 Å². The smallest absolute Gasteiger partial charge is 0.251 e. The predicted molar refractivity (Wildman–Crippen MR) is 83.3 cm³/mol. The first kappa shape index (κ1) is 15.0. The van der Waals surface area contributed by atoms with E-state index < -0.39 is 0 Å². The van der Waals surface area contributed by atoms with Gasteiger partial charge in [-0.1, -0.05) is 6.07 Å². The van der Waals surface area contributed by atoms with Crippen molar-refractivity contribution in [3.63, 3.8) is 0 Å². The Morgan fingerprint density at radius 2 is 2.19 bits per heavy atom. The summed E-state index contributed by atoms with van der Waals surface area (Å²) < 4.78 is 0. The molecule has 1 aromatic heterocycles. The summed E-state index contributed by atoms with van der Waals surface area (Å²) in [5, 5.41) is 7.64. The second-order valence-corrected chi connectivity index (χ2v) is 5.23. The van der Waals surface area contributed by atoms with E-state index in [1.54, 1.807) is 29.6 Å². The first-order valence-electron chi connectivity index (χ1n) is 6.46. The van der Waals surface area contributed by atoms with Gasteiger partial charge in [-0.05, 0) is 25.1 Å². The van der Waals surface area contributed by atoms with E-state index in [0.29, 0.717) is 28.6 Å². The van der Waals surface area contributed by atoms with Gasteiger partial charge in [0.1, 0.15) is 0 Å². The van der Waals surface area contributed by atoms with Crippen LogP contribution in [-0.4, -0.2) is 23.3 Å². The summed E-state index contributed by atoms with van der Waals surface area (Å²) in [5.74, 6) is -0.366. The van der Waals surface area contributed by atoms with Crippen molar-refractivity contribution in [1.29, 1.82) is 0 Å². The summed E-state index contributed by atoms with van der Waals surface area (Å²) in [5.41, 5.74) is 7.24. The molecule has 0 fully saturated rings. The maximum atomic E-state index is 11.9. The second-order valence-electron chi connectivity index (χ2n) is 4.34. The molecule has 2 amide bonds. The molecule has 0 aliphatic carbocycles. The molecule has 0 atom stereocenters. The van der Waals surface area contributed by atoms with Gasteiger partial charge in [0.05, 0.1) is 12.1 Å². The number of nitrogen functional groups attached to an aromatic ring is 1. The zero-order chi connectivity index (χ0) is 15.2. The van der Waals surface area contributed by atoms with Gasteiger partial charge in [0, 0.05) is 23.2 Å². The number of nitrogens with one attached hydrogen (secondary N) is 2. The maximum Gasteiger partial charge on any atom is 0.251 e. The van der Waals surface area contributed by atoms with Crippen molar-refractivity contribution in [2.24, 2.45) is 0 Å². The van der Waals surface area contributed by atoms with Crippen molar-refractivity contribution in [1.82, 2.24) is 10.3 Å². The highest BCUT2D eigenvalue weighted by molar-refractivity contribution is 7.13. The first-order valence-corrected chi connectivity index (χ1v) is 7.34. The lowest BCUT2D eigenvalue weighted by molar-refractivity contribution is -0.115. The zero-order valence-electron chi connectivity index (χ0n) is 11.6. The molecule has 0 aliphatic heterocycles. The molecule has 7 heteroatoms. The number of aromatic nitrogens is 1. The molecule has 6 nitrogen and oxygen atoms in total. The molecular formula is C14H16N4O2S. The molecule has 0 unspecified atom stereocenters. The molecule has 0 saturated heterocycles. The third-order valence-electron chi connectivity index (χ3n) is 2.66. The van der Waals surface area contributed by atoms with Crippen molar-refractivity contribution in [2.45, 2.75) is 13.3 Å². The zero-order valence-corrected chi connectivity index (χ0v) is 12.4. The van der Waals surface area contributed by atoms with Crippen LogP contribution in [0.2, 0.25) is 0 Å². The number of carbonyl (C=O) groups excluding carboxylic acids is 2. The first-order chi connectivity index (χ1) is 10.1. The molecule has 0 saturated carbocycles. The van der Waals surface area contributed by atoms with Crippen LogP contribution in [-0.2, 0) is 11.2 Å². The van der Waals surface area contributed by atoms with Crippen LogP contribution in [0, 0.1) is 0 Å². The lowest BCUT2D eigenvalue weighted by Crippen LogP contribution is -2.23.